The molecular weight excluding hydrogens is 302 g/mol. The summed E-state index contributed by atoms with van der Waals surface area (Å²) in [5.74, 6) is 1.34. The highest BCUT2D eigenvalue weighted by Gasteiger charge is 2.46. The van der Waals surface area contributed by atoms with Gasteiger partial charge in [-0.3, -0.25) is 4.79 Å². The number of hydrogen-bond acceptors (Lipinski definition) is 3. The van der Waals surface area contributed by atoms with Gasteiger partial charge in [-0.2, -0.15) is 0 Å². The molecule has 0 aromatic heterocycles. The maximum atomic E-state index is 12.6. The van der Waals surface area contributed by atoms with Crippen molar-refractivity contribution < 1.29 is 14.3 Å². The zero-order chi connectivity index (χ0) is 17.3. The Hall–Kier alpha value is -2.49. The van der Waals surface area contributed by atoms with E-state index in [4.69, 9.17) is 9.47 Å². The van der Waals surface area contributed by atoms with Crippen LogP contribution in [0.3, 0.4) is 0 Å². The van der Waals surface area contributed by atoms with Gasteiger partial charge in [0, 0.05) is 5.56 Å². The van der Waals surface area contributed by atoms with Crippen molar-refractivity contribution in [2.75, 3.05) is 14.2 Å². The van der Waals surface area contributed by atoms with Gasteiger partial charge >= 0.3 is 0 Å². The Kier molecular flexibility index (Phi) is 4.22. The van der Waals surface area contributed by atoms with Gasteiger partial charge in [0.15, 0.2) is 11.5 Å². The average molecular weight is 325 g/mol. The highest BCUT2D eigenvalue weighted by Crippen LogP contribution is 2.47. The van der Waals surface area contributed by atoms with Gasteiger partial charge in [0.25, 0.3) is 5.91 Å². The van der Waals surface area contributed by atoms with Gasteiger partial charge in [0.1, 0.15) is 0 Å². The van der Waals surface area contributed by atoms with Gasteiger partial charge in [-0.25, -0.2) is 0 Å². The van der Waals surface area contributed by atoms with Gasteiger partial charge in [0.2, 0.25) is 0 Å². The van der Waals surface area contributed by atoms with Crippen molar-refractivity contribution in [3.63, 3.8) is 0 Å². The molecule has 1 aliphatic rings. The molecule has 24 heavy (non-hydrogen) atoms. The van der Waals surface area contributed by atoms with E-state index in [1.165, 1.54) is 5.56 Å². The van der Waals surface area contributed by atoms with Gasteiger partial charge < -0.3 is 14.8 Å². The minimum Gasteiger partial charge on any atom is -0.493 e. The Morgan fingerprint density at radius 1 is 0.958 bits per heavy atom. The molecule has 0 radical (unpaired) electrons. The molecule has 4 nitrogen and oxygen atoms in total. The quantitative estimate of drug-likeness (QED) is 0.911. The molecule has 2 aromatic carbocycles. The van der Waals surface area contributed by atoms with Crippen molar-refractivity contribution in [2.45, 2.75) is 32.2 Å². The minimum absolute atomic E-state index is 0.0367. The summed E-state index contributed by atoms with van der Waals surface area (Å²) in [5.41, 5.74) is 3.77. The Morgan fingerprint density at radius 2 is 1.67 bits per heavy atom. The van der Waals surface area contributed by atoms with Crippen LogP contribution < -0.4 is 14.8 Å². The second kappa shape index (κ2) is 6.19. The van der Waals surface area contributed by atoms with E-state index >= 15 is 0 Å². The molecule has 1 fully saturated rings. The van der Waals surface area contributed by atoms with Gasteiger partial charge in [0.05, 0.1) is 19.8 Å². The molecule has 0 aliphatic heterocycles. The van der Waals surface area contributed by atoms with Crippen LogP contribution in [0.15, 0.2) is 36.4 Å². The van der Waals surface area contributed by atoms with Crippen molar-refractivity contribution in [3.05, 3.63) is 58.7 Å². The number of carbonyl (C=O) groups excluding carboxylic acids is 1. The Morgan fingerprint density at radius 3 is 2.25 bits per heavy atom. The largest absolute Gasteiger partial charge is 0.493 e. The van der Waals surface area contributed by atoms with E-state index in [0.717, 1.165) is 24.0 Å². The summed E-state index contributed by atoms with van der Waals surface area (Å²) in [6.07, 6.45) is 1.86. The number of methoxy groups -OCH3 is 2. The monoisotopic (exact) mass is 325 g/mol. The van der Waals surface area contributed by atoms with Crippen molar-refractivity contribution in [1.82, 2.24) is 5.32 Å². The number of aryl methyl sites for hydroxylation is 2. The number of carbonyl (C=O) groups is 1. The summed E-state index contributed by atoms with van der Waals surface area (Å²) < 4.78 is 10.7. The predicted molar refractivity (Wildman–Crippen MR) is 93.8 cm³/mol. The first-order valence-corrected chi connectivity index (χ1v) is 8.11. The Balaban J connectivity index is 1.84. The number of nitrogens with one attached hydrogen (secondary N) is 1. The fraction of sp³-hybridized carbons (Fsp3) is 0.350. The molecule has 0 unspecified atom stereocenters. The predicted octanol–water partition coefficient (Wildman–Crippen LogP) is 3.74. The lowest BCUT2D eigenvalue weighted by molar-refractivity contribution is 0.0930. The standard InChI is InChI=1S/C20H23NO3/c1-13-5-6-15(11-14(13)2)19(22)21-20(9-10-20)16-7-8-17(23-3)18(12-16)24-4/h5-8,11-12H,9-10H2,1-4H3,(H,21,22). The summed E-state index contributed by atoms with van der Waals surface area (Å²) in [6, 6.07) is 11.6. The third-order valence-electron chi connectivity index (χ3n) is 4.81. The third-order valence-corrected chi connectivity index (χ3v) is 4.81. The van der Waals surface area contributed by atoms with Gasteiger partial charge in [-0.15, -0.1) is 0 Å². The fourth-order valence-corrected chi connectivity index (χ4v) is 2.92. The van der Waals surface area contributed by atoms with Gasteiger partial charge in [-0.05, 0) is 67.6 Å². The molecule has 0 spiro atoms. The smallest absolute Gasteiger partial charge is 0.251 e. The lowest BCUT2D eigenvalue weighted by Gasteiger charge is -2.20. The number of benzene rings is 2. The normalized spacial score (nSPS) is 14.8. The molecular formula is C20H23NO3. The van der Waals surface area contributed by atoms with Crippen LogP contribution in [0.2, 0.25) is 0 Å². The van der Waals surface area contributed by atoms with E-state index in [-0.39, 0.29) is 11.4 Å². The van der Waals surface area contributed by atoms with E-state index in [1.807, 2.05) is 50.2 Å². The number of rotatable bonds is 5. The van der Waals surface area contributed by atoms with Crippen LogP contribution in [0, 0.1) is 13.8 Å². The van der Waals surface area contributed by atoms with Crippen molar-refractivity contribution in [2.24, 2.45) is 0 Å². The number of amides is 1. The molecule has 1 amide bonds. The summed E-state index contributed by atoms with van der Waals surface area (Å²) in [5, 5.41) is 3.20. The topological polar surface area (TPSA) is 47.6 Å². The maximum Gasteiger partial charge on any atom is 0.251 e. The Bertz CT molecular complexity index is 778. The molecule has 4 heteroatoms. The summed E-state index contributed by atoms with van der Waals surface area (Å²) in [4.78, 5) is 12.6. The van der Waals surface area contributed by atoms with Gasteiger partial charge in [-0.1, -0.05) is 12.1 Å². The van der Waals surface area contributed by atoms with E-state index < -0.39 is 0 Å². The molecule has 3 rings (SSSR count). The second-order valence-corrected chi connectivity index (χ2v) is 6.41. The molecule has 0 heterocycles. The van der Waals surface area contributed by atoms with Crippen molar-refractivity contribution in [1.29, 1.82) is 0 Å². The fourth-order valence-electron chi connectivity index (χ4n) is 2.92. The molecule has 1 saturated carbocycles. The van der Waals surface area contributed by atoms with Crippen LogP contribution in [-0.4, -0.2) is 20.1 Å². The van der Waals surface area contributed by atoms with E-state index in [2.05, 4.69) is 5.32 Å². The molecule has 0 bridgehead atoms. The number of ether oxygens (including phenoxy) is 2. The molecule has 0 atom stereocenters. The highest BCUT2D eigenvalue weighted by molar-refractivity contribution is 5.95. The van der Waals surface area contributed by atoms with E-state index in [9.17, 15) is 4.79 Å². The second-order valence-electron chi connectivity index (χ2n) is 6.41. The molecule has 0 saturated heterocycles. The van der Waals surface area contributed by atoms with Crippen molar-refractivity contribution in [3.8, 4) is 11.5 Å². The third kappa shape index (κ3) is 2.96. The average Bonchev–Trinajstić information content (AvgIpc) is 3.37. The molecule has 126 valence electrons. The summed E-state index contributed by atoms with van der Waals surface area (Å²) in [7, 11) is 3.24. The first-order chi connectivity index (χ1) is 11.5. The van der Waals surface area contributed by atoms with Crippen LogP contribution in [0.4, 0.5) is 0 Å². The van der Waals surface area contributed by atoms with Crippen LogP contribution in [0.5, 0.6) is 11.5 Å². The lowest BCUT2D eigenvalue weighted by atomic mass is 10.0. The SMILES string of the molecule is COc1ccc(C2(NC(=O)c3ccc(C)c(C)c3)CC2)cc1OC. The van der Waals surface area contributed by atoms with Crippen LogP contribution >= 0.6 is 0 Å². The zero-order valence-corrected chi connectivity index (χ0v) is 14.6. The van der Waals surface area contributed by atoms with E-state index in [1.54, 1.807) is 14.2 Å². The van der Waals surface area contributed by atoms with Crippen LogP contribution in [-0.2, 0) is 5.54 Å². The van der Waals surface area contributed by atoms with Crippen LogP contribution in [0.25, 0.3) is 0 Å². The summed E-state index contributed by atoms with van der Waals surface area (Å²) >= 11 is 0. The minimum atomic E-state index is -0.296. The van der Waals surface area contributed by atoms with Crippen molar-refractivity contribution >= 4 is 5.91 Å². The maximum absolute atomic E-state index is 12.6. The zero-order valence-electron chi connectivity index (χ0n) is 14.6. The first-order valence-electron chi connectivity index (χ1n) is 8.11. The van der Waals surface area contributed by atoms with E-state index in [0.29, 0.717) is 17.1 Å². The summed E-state index contributed by atoms with van der Waals surface area (Å²) in [6.45, 7) is 4.07. The lowest BCUT2D eigenvalue weighted by Crippen LogP contribution is -2.34. The molecule has 2 aromatic rings. The van der Waals surface area contributed by atoms with Crippen LogP contribution in [0.1, 0.15) is 39.9 Å². The number of hydrogen-bond donors (Lipinski definition) is 1. The molecule has 1 N–H and O–H groups in total. The Labute approximate surface area is 142 Å². The molecule has 1 aliphatic carbocycles. The highest BCUT2D eigenvalue weighted by atomic mass is 16.5. The first kappa shape index (κ1) is 16.4.